The molecule has 3 N–H and O–H groups in total. The van der Waals surface area contributed by atoms with Crippen LogP contribution in [0.4, 0.5) is 0 Å². The van der Waals surface area contributed by atoms with Gasteiger partial charge in [-0.3, -0.25) is 4.79 Å². The van der Waals surface area contributed by atoms with Crippen molar-refractivity contribution < 1.29 is 19.2 Å². The van der Waals surface area contributed by atoms with Crippen LogP contribution in [0.3, 0.4) is 0 Å². The first-order valence-electron chi connectivity index (χ1n) is 7.05. The second kappa shape index (κ2) is 5.44. The van der Waals surface area contributed by atoms with E-state index in [-0.39, 0.29) is 11.2 Å². The lowest BCUT2D eigenvalue weighted by molar-refractivity contribution is -0.138. The van der Waals surface area contributed by atoms with Gasteiger partial charge >= 0.3 is 13.1 Å². The lowest BCUT2D eigenvalue weighted by atomic mass is 9.78. The molecule has 0 bridgehead atoms. The highest BCUT2D eigenvalue weighted by Gasteiger charge is 2.51. The van der Waals surface area contributed by atoms with E-state index in [9.17, 15) is 4.79 Å². The average molecular weight is 291 g/mol. The zero-order chi connectivity index (χ0) is 15.8. The molecule has 1 aromatic rings. The van der Waals surface area contributed by atoms with Crippen molar-refractivity contribution in [2.75, 3.05) is 0 Å². The molecule has 6 heteroatoms. The molecule has 0 amide bonds. The molecule has 114 valence electrons. The fourth-order valence-corrected chi connectivity index (χ4v) is 2.13. The van der Waals surface area contributed by atoms with Crippen LogP contribution in [0, 0.1) is 0 Å². The summed E-state index contributed by atoms with van der Waals surface area (Å²) in [4.78, 5) is 10.8. The Kier molecular flexibility index (Phi) is 4.15. The van der Waals surface area contributed by atoms with Crippen LogP contribution >= 0.6 is 0 Å². The molecule has 0 radical (unpaired) electrons. The summed E-state index contributed by atoms with van der Waals surface area (Å²) in [5, 5.41) is 8.82. The molecule has 1 heterocycles. The maximum absolute atomic E-state index is 10.8. The Morgan fingerprint density at radius 1 is 1.19 bits per heavy atom. The molecule has 0 unspecified atom stereocenters. The summed E-state index contributed by atoms with van der Waals surface area (Å²) < 4.78 is 11.9. The first kappa shape index (κ1) is 16.0. The molecule has 1 fully saturated rings. The summed E-state index contributed by atoms with van der Waals surface area (Å²) in [6, 6.07) is 6.64. The van der Waals surface area contributed by atoms with Gasteiger partial charge < -0.3 is 20.1 Å². The van der Waals surface area contributed by atoms with Crippen LogP contribution in [0.2, 0.25) is 0 Å². The lowest BCUT2D eigenvalue weighted by Gasteiger charge is -2.32. The molecule has 21 heavy (non-hydrogen) atoms. The Hall–Kier alpha value is -1.37. The Morgan fingerprint density at radius 2 is 1.67 bits per heavy atom. The average Bonchev–Trinajstić information content (AvgIpc) is 2.59. The van der Waals surface area contributed by atoms with Crippen molar-refractivity contribution in [1.29, 1.82) is 0 Å². The summed E-state index contributed by atoms with van der Waals surface area (Å²) in [6.45, 7) is 8.03. The van der Waals surface area contributed by atoms with E-state index in [0.717, 1.165) is 11.0 Å². The van der Waals surface area contributed by atoms with Crippen LogP contribution in [0.1, 0.15) is 33.3 Å². The number of carbonyl (C=O) groups is 1. The fourth-order valence-electron chi connectivity index (χ4n) is 2.13. The van der Waals surface area contributed by atoms with E-state index < -0.39 is 19.1 Å². The Balaban J connectivity index is 2.09. The number of benzene rings is 1. The predicted molar refractivity (Wildman–Crippen MR) is 81.5 cm³/mol. The Bertz CT molecular complexity index is 511. The van der Waals surface area contributed by atoms with Crippen molar-refractivity contribution in [3.05, 3.63) is 29.8 Å². The van der Waals surface area contributed by atoms with Crippen LogP contribution in [-0.4, -0.2) is 35.4 Å². The number of carboxylic acid groups (broad SMARTS) is 1. The van der Waals surface area contributed by atoms with Gasteiger partial charge in [0.05, 0.1) is 11.2 Å². The summed E-state index contributed by atoms with van der Waals surface area (Å²) in [5.41, 5.74) is 6.58. The second-order valence-electron chi connectivity index (χ2n) is 6.48. The van der Waals surface area contributed by atoms with Gasteiger partial charge in [-0.2, -0.15) is 0 Å². The molecule has 1 atom stereocenters. The van der Waals surface area contributed by atoms with Gasteiger partial charge in [-0.1, -0.05) is 24.3 Å². The topological polar surface area (TPSA) is 81.8 Å². The molecule has 2 rings (SSSR count). The second-order valence-corrected chi connectivity index (χ2v) is 6.48. The smallest absolute Gasteiger partial charge is 0.480 e. The number of nitrogens with two attached hydrogens (primary N) is 1. The molecule has 1 aliphatic heterocycles. The quantitative estimate of drug-likeness (QED) is 0.807. The largest absolute Gasteiger partial charge is 0.494 e. The minimum Gasteiger partial charge on any atom is -0.480 e. The fraction of sp³-hybridized carbons (Fsp3) is 0.533. The standard InChI is InChI=1S/C15H22BNO4/c1-14(2)15(3,4)21-16(20-14)11-7-5-10(6-8-11)9-12(17)13(18)19/h5-8,12H,9,17H2,1-4H3,(H,18,19)/t12-/m0/s1. The third-order valence-electron chi connectivity index (χ3n) is 4.28. The monoisotopic (exact) mass is 291 g/mol. The Labute approximate surface area is 125 Å². The third-order valence-corrected chi connectivity index (χ3v) is 4.28. The van der Waals surface area contributed by atoms with Crippen LogP contribution in [0.5, 0.6) is 0 Å². The number of hydrogen-bond acceptors (Lipinski definition) is 4. The third kappa shape index (κ3) is 3.28. The van der Waals surface area contributed by atoms with Gasteiger partial charge in [-0.05, 0) is 45.1 Å². The van der Waals surface area contributed by atoms with Gasteiger partial charge in [-0.25, -0.2) is 0 Å². The van der Waals surface area contributed by atoms with E-state index in [1.54, 1.807) is 0 Å². The maximum atomic E-state index is 10.8. The highest BCUT2D eigenvalue weighted by Crippen LogP contribution is 2.36. The summed E-state index contributed by atoms with van der Waals surface area (Å²) in [7, 11) is -0.405. The molecule has 1 saturated heterocycles. The minimum absolute atomic E-state index is 0.305. The van der Waals surface area contributed by atoms with Crippen LogP contribution in [0.25, 0.3) is 0 Å². The van der Waals surface area contributed by atoms with Crippen molar-refractivity contribution in [1.82, 2.24) is 0 Å². The zero-order valence-corrected chi connectivity index (χ0v) is 12.9. The van der Waals surface area contributed by atoms with Gasteiger partial charge in [0.2, 0.25) is 0 Å². The molecule has 0 aliphatic carbocycles. The molecular weight excluding hydrogens is 269 g/mol. The molecular formula is C15H22BNO4. The highest BCUT2D eigenvalue weighted by molar-refractivity contribution is 6.62. The molecule has 5 nitrogen and oxygen atoms in total. The SMILES string of the molecule is CC1(C)OB(c2ccc(C[C@H](N)C(=O)O)cc2)OC1(C)C. The van der Waals surface area contributed by atoms with Crippen LogP contribution < -0.4 is 11.2 Å². The van der Waals surface area contributed by atoms with Crippen molar-refractivity contribution >= 4 is 18.6 Å². The minimum atomic E-state index is -0.995. The molecule has 0 spiro atoms. The molecule has 1 aromatic carbocycles. The number of aliphatic carboxylic acids is 1. The van der Waals surface area contributed by atoms with Crippen molar-refractivity contribution in [3.63, 3.8) is 0 Å². The van der Waals surface area contributed by atoms with Crippen molar-refractivity contribution in [2.45, 2.75) is 51.4 Å². The Morgan fingerprint density at radius 3 is 2.10 bits per heavy atom. The number of carboxylic acids is 1. The number of rotatable bonds is 4. The van der Waals surface area contributed by atoms with Crippen molar-refractivity contribution in [2.24, 2.45) is 5.73 Å². The first-order valence-corrected chi connectivity index (χ1v) is 7.05. The van der Waals surface area contributed by atoms with Crippen LogP contribution in [-0.2, 0) is 20.5 Å². The van der Waals surface area contributed by atoms with E-state index in [2.05, 4.69) is 0 Å². The van der Waals surface area contributed by atoms with E-state index in [1.807, 2.05) is 52.0 Å². The van der Waals surface area contributed by atoms with Gasteiger partial charge in [0.15, 0.2) is 0 Å². The van der Waals surface area contributed by atoms with Gasteiger partial charge in [0, 0.05) is 0 Å². The lowest BCUT2D eigenvalue weighted by Crippen LogP contribution is -2.41. The summed E-state index contributed by atoms with van der Waals surface area (Å²) in [6.07, 6.45) is 0.305. The maximum Gasteiger partial charge on any atom is 0.494 e. The zero-order valence-electron chi connectivity index (χ0n) is 12.9. The number of hydrogen-bond donors (Lipinski definition) is 2. The summed E-state index contributed by atoms with van der Waals surface area (Å²) >= 11 is 0. The van der Waals surface area contributed by atoms with Crippen LogP contribution in [0.15, 0.2) is 24.3 Å². The highest BCUT2D eigenvalue weighted by atomic mass is 16.7. The molecule has 1 aliphatic rings. The van der Waals surface area contributed by atoms with Gasteiger partial charge in [0.25, 0.3) is 0 Å². The predicted octanol–water partition coefficient (Wildman–Crippen LogP) is 0.940. The van der Waals surface area contributed by atoms with E-state index in [0.29, 0.717) is 6.42 Å². The first-order chi connectivity index (χ1) is 9.62. The molecule has 0 saturated carbocycles. The van der Waals surface area contributed by atoms with E-state index in [4.69, 9.17) is 20.1 Å². The van der Waals surface area contributed by atoms with E-state index in [1.165, 1.54) is 0 Å². The normalized spacial score (nSPS) is 21.3. The van der Waals surface area contributed by atoms with Crippen molar-refractivity contribution in [3.8, 4) is 0 Å². The van der Waals surface area contributed by atoms with Gasteiger partial charge in [-0.15, -0.1) is 0 Å². The van der Waals surface area contributed by atoms with Gasteiger partial charge in [0.1, 0.15) is 6.04 Å². The van der Waals surface area contributed by atoms with E-state index >= 15 is 0 Å². The summed E-state index contributed by atoms with van der Waals surface area (Å²) in [5.74, 6) is -0.995. The molecule has 0 aromatic heterocycles.